The number of aryl methyl sites for hydroxylation is 1. The highest BCUT2D eigenvalue weighted by atomic mass is 16.2. The molecule has 0 atom stereocenters. The normalized spacial score (nSPS) is 11.0. The Morgan fingerprint density at radius 1 is 0.967 bits per heavy atom. The number of hydrogen-bond acceptors (Lipinski definition) is 3. The number of likely N-dealkylation sites (N-methyl/N-ethyl adjacent to an activating group) is 1. The molecule has 0 radical (unpaired) electrons. The molecule has 0 aliphatic carbocycles. The number of para-hydroxylation sites is 1. The van der Waals surface area contributed by atoms with E-state index in [-0.39, 0.29) is 18.0 Å². The van der Waals surface area contributed by atoms with Crippen LogP contribution in [0.2, 0.25) is 0 Å². The fraction of sp³-hybridized carbons (Fsp3) is 0.208. The molecule has 0 aliphatic rings. The molecule has 2 heterocycles. The summed E-state index contributed by atoms with van der Waals surface area (Å²) in [5, 5.41) is 0. The van der Waals surface area contributed by atoms with Crippen molar-refractivity contribution >= 4 is 22.6 Å². The average molecular weight is 400 g/mol. The van der Waals surface area contributed by atoms with Crippen molar-refractivity contribution in [2.24, 2.45) is 0 Å². The van der Waals surface area contributed by atoms with E-state index in [0.29, 0.717) is 24.1 Å². The minimum atomic E-state index is -0.139. The van der Waals surface area contributed by atoms with Gasteiger partial charge >= 0.3 is 0 Å². The Bertz CT molecular complexity index is 1230. The molecule has 0 spiro atoms. The van der Waals surface area contributed by atoms with Crippen LogP contribution in [0.3, 0.4) is 0 Å². The molecule has 6 nitrogen and oxygen atoms in total. The quantitative estimate of drug-likeness (QED) is 0.493. The van der Waals surface area contributed by atoms with E-state index in [2.05, 4.69) is 4.98 Å². The molecule has 2 aromatic heterocycles. The van der Waals surface area contributed by atoms with Crippen LogP contribution in [0.15, 0.2) is 78.0 Å². The number of anilines is 1. The molecular weight excluding hydrogens is 376 g/mol. The molecular formula is C24H24N4O2. The van der Waals surface area contributed by atoms with Gasteiger partial charge < -0.3 is 9.47 Å². The zero-order chi connectivity index (χ0) is 21.1. The maximum absolute atomic E-state index is 13.2. The van der Waals surface area contributed by atoms with Gasteiger partial charge in [-0.1, -0.05) is 48.5 Å². The summed E-state index contributed by atoms with van der Waals surface area (Å²) in [5.41, 5.74) is 3.59. The molecule has 0 N–H and O–H groups in total. The summed E-state index contributed by atoms with van der Waals surface area (Å²) in [5.74, 6) is -0.0773. The Balaban J connectivity index is 1.82. The average Bonchev–Trinajstić information content (AvgIpc) is 3.15. The predicted molar refractivity (Wildman–Crippen MR) is 120 cm³/mol. The first-order valence-electron chi connectivity index (χ1n) is 10.1. The molecule has 6 heteroatoms. The monoisotopic (exact) mass is 400 g/mol. The second-order valence-corrected chi connectivity index (χ2v) is 7.04. The molecule has 30 heavy (non-hydrogen) atoms. The van der Waals surface area contributed by atoms with Gasteiger partial charge in [0.25, 0.3) is 5.56 Å². The van der Waals surface area contributed by atoms with Gasteiger partial charge in [0.05, 0.1) is 6.33 Å². The number of carbonyl (C=O) groups is 1. The maximum Gasteiger partial charge on any atom is 0.277 e. The van der Waals surface area contributed by atoms with Gasteiger partial charge in [-0.15, -0.1) is 0 Å². The SMILES string of the molecule is CCN(C(=O)Cn1cc(-c2ccccc2)c2ncn(CC)c(=O)c21)c1ccccc1. The summed E-state index contributed by atoms with van der Waals surface area (Å²) in [7, 11) is 0. The molecule has 0 saturated carbocycles. The van der Waals surface area contributed by atoms with Crippen molar-refractivity contribution in [3.05, 3.63) is 83.5 Å². The molecule has 0 fully saturated rings. The number of benzene rings is 2. The van der Waals surface area contributed by atoms with Gasteiger partial charge in [0.15, 0.2) is 0 Å². The summed E-state index contributed by atoms with van der Waals surface area (Å²) in [6.07, 6.45) is 3.44. The lowest BCUT2D eigenvalue weighted by Crippen LogP contribution is -2.34. The van der Waals surface area contributed by atoms with E-state index < -0.39 is 0 Å². The Hall–Kier alpha value is -3.67. The molecule has 0 unspecified atom stereocenters. The van der Waals surface area contributed by atoms with Crippen LogP contribution < -0.4 is 10.5 Å². The van der Waals surface area contributed by atoms with Crippen molar-refractivity contribution in [1.82, 2.24) is 14.1 Å². The maximum atomic E-state index is 13.2. The lowest BCUT2D eigenvalue weighted by molar-refractivity contribution is -0.119. The molecule has 152 valence electrons. The smallest absolute Gasteiger partial charge is 0.277 e. The third-order valence-corrected chi connectivity index (χ3v) is 5.26. The zero-order valence-electron chi connectivity index (χ0n) is 17.2. The van der Waals surface area contributed by atoms with Crippen LogP contribution in [-0.4, -0.2) is 26.6 Å². The second kappa shape index (κ2) is 8.37. The molecule has 0 aliphatic heterocycles. The van der Waals surface area contributed by atoms with Gasteiger partial charge in [0, 0.05) is 30.5 Å². The molecule has 4 rings (SSSR count). The number of nitrogens with zero attached hydrogens (tertiary/aromatic N) is 4. The standard InChI is InChI=1S/C24H24N4O2/c1-3-26-17-25-22-20(18-11-7-5-8-12-18)15-27(23(22)24(26)30)16-21(29)28(4-2)19-13-9-6-10-14-19/h5-15,17H,3-4,16H2,1-2H3. The summed E-state index contributed by atoms with van der Waals surface area (Å²) in [4.78, 5) is 32.6. The summed E-state index contributed by atoms with van der Waals surface area (Å²) >= 11 is 0. The number of amides is 1. The zero-order valence-corrected chi connectivity index (χ0v) is 17.2. The first-order chi connectivity index (χ1) is 14.6. The van der Waals surface area contributed by atoms with Crippen molar-refractivity contribution < 1.29 is 4.79 Å². The van der Waals surface area contributed by atoms with E-state index >= 15 is 0 Å². The molecule has 2 aromatic carbocycles. The number of carbonyl (C=O) groups excluding carboxylic acids is 1. The van der Waals surface area contributed by atoms with E-state index in [9.17, 15) is 9.59 Å². The third-order valence-electron chi connectivity index (χ3n) is 5.26. The Morgan fingerprint density at radius 3 is 2.27 bits per heavy atom. The molecule has 0 saturated heterocycles. The minimum absolute atomic E-state index is 0.0662. The second-order valence-electron chi connectivity index (χ2n) is 7.04. The fourth-order valence-electron chi connectivity index (χ4n) is 3.74. The van der Waals surface area contributed by atoms with E-state index in [1.54, 1.807) is 20.4 Å². The highest BCUT2D eigenvalue weighted by Gasteiger charge is 2.20. The highest BCUT2D eigenvalue weighted by Crippen LogP contribution is 2.28. The largest absolute Gasteiger partial charge is 0.332 e. The Morgan fingerprint density at radius 2 is 1.63 bits per heavy atom. The Labute approximate surface area is 175 Å². The molecule has 0 bridgehead atoms. The van der Waals surface area contributed by atoms with Crippen molar-refractivity contribution in [3.8, 4) is 11.1 Å². The summed E-state index contributed by atoms with van der Waals surface area (Å²) in [6, 6.07) is 19.4. The van der Waals surface area contributed by atoms with Crippen LogP contribution in [0, 0.1) is 0 Å². The highest BCUT2D eigenvalue weighted by molar-refractivity contribution is 5.96. The van der Waals surface area contributed by atoms with E-state index in [1.807, 2.05) is 80.7 Å². The van der Waals surface area contributed by atoms with Crippen LogP contribution >= 0.6 is 0 Å². The number of aromatic nitrogens is 3. The van der Waals surface area contributed by atoms with Crippen LogP contribution in [-0.2, 0) is 17.9 Å². The van der Waals surface area contributed by atoms with E-state index in [0.717, 1.165) is 16.8 Å². The van der Waals surface area contributed by atoms with Gasteiger partial charge in [-0.2, -0.15) is 0 Å². The van der Waals surface area contributed by atoms with Gasteiger partial charge in [0.1, 0.15) is 17.6 Å². The number of rotatable bonds is 6. The first-order valence-corrected chi connectivity index (χ1v) is 10.1. The lowest BCUT2D eigenvalue weighted by Gasteiger charge is -2.21. The third kappa shape index (κ3) is 3.52. The predicted octanol–water partition coefficient (Wildman–Crippen LogP) is 3.94. The topological polar surface area (TPSA) is 60.1 Å². The van der Waals surface area contributed by atoms with Gasteiger partial charge in [-0.05, 0) is 31.5 Å². The summed E-state index contributed by atoms with van der Waals surface area (Å²) in [6.45, 7) is 4.98. The van der Waals surface area contributed by atoms with Crippen LogP contribution in [0.5, 0.6) is 0 Å². The van der Waals surface area contributed by atoms with Crippen LogP contribution in [0.25, 0.3) is 22.2 Å². The van der Waals surface area contributed by atoms with Crippen molar-refractivity contribution in [2.75, 3.05) is 11.4 Å². The minimum Gasteiger partial charge on any atom is -0.332 e. The summed E-state index contributed by atoms with van der Waals surface area (Å²) < 4.78 is 3.31. The Kier molecular flexibility index (Phi) is 5.48. The van der Waals surface area contributed by atoms with Crippen molar-refractivity contribution in [2.45, 2.75) is 26.9 Å². The number of hydrogen-bond donors (Lipinski definition) is 0. The number of fused-ring (bicyclic) bond motifs is 1. The molecule has 1 amide bonds. The van der Waals surface area contributed by atoms with Crippen molar-refractivity contribution in [3.63, 3.8) is 0 Å². The van der Waals surface area contributed by atoms with Crippen LogP contribution in [0.1, 0.15) is 13.8 Å². The fourth-order valence-corrected chi connectivity index (χ4v) is 3.74. The molecule has 4 aromatic rings. The first kappa shape index (κ1) is 19.6. The van der Waals surface area contributed by atoms with E-state index in [1.165, 1.54) is 0 Å². The lowest BCUT2D eigenvalue weighted by atomic mass is 10.1. The van der Waals surface area contributed by atoms with Crippen molar-refractivity contribution in [1.29, 1.82) is 0 Å². The van der Waals surface area contributed by atoms with E-state index in [4.69, 9.17) is 0 Å². The van der Waals surface area contributed by atoms with Gasteiger partial charge in [-0.25, -0.2) is 4.98 Å². The van der Waals surface area contributed by atoms with Gasteiger partial charge in [-0.3, -0.25) is 14.2 Å². The van der Waals surface area contributed by atoms with Crippen LogP contribution in [0.4, 0.5) is 5.69 Å². The van der Waals surface area contributed by atoms with Gasteiger partial charge in [0.2, 0.25) is 5.91 Å².